The number of aromatic nitrogens is 1. The fraction of sp³-hybridized carbons (Fsp3) is 0.238. The minimum atomic E-state index is -0.400. The number of para-hydroxylation sites is 1. The van der Waals surface area contributed by atoms with Gasteiger partial charge in [0, 0.05) is 35.0 Å². The molecule has 2 N–H and O–H groups in total. The van der Waals surface area contributed by atoms with Crippen molar-refractivity contribution in [2.45, 2.75) is 17.8 Å². The third kappa shape index (κ3) is 2.63. The average Bonchev–Trinajstić information content (AvgIpc) is 3.38. The summed E-state index contributed by atoms with van der Waals surface area (Å²) < 4.78 is 0. The Balaban J connectivity index is 1.25. The van der Waals surface area contributed by atoms with Crippen LogP contribution >= 0.6 is 11.8 Å². The van der Waals surface area contributed by atoms with Crippen molar-refractivity contribution in [1.82, 2.24) is 15.2 Å². The van der Waals surface area contributed by atoms with Crippen LogP contribution in [0.1, 0.15) is 26.9 Å². The molecule has 5 nitrogen and oxygen atoms in total. The van der Waals surface area contributed by atoms with Crippen LogP contribution in [0.3, 0.4) is 0 Å². The molecule has 2 aliphatic rings. The van der Waals surface area contributed by atoms with Crippen LogP contribution in [-0.2, 0) is 11.2 Å². The Morgan fingerprint density at radius 3 is 2.93 bits per heavy atom. The van der Waals surface area contributed by atoms with E-state index in [0.717, 1.165) is 23.1 Å². The summed E-state index contributed by atoms with van der Waals surface area (Å²) in [4.78, 5) is 30.5. The maximum Gasteiger partial charge on any atom is 0.256 e. The molecule has 2 amide bonds. The largest absolute Gasteiger partial charge is 0.361 e. The predicted octanol–water partition coefficient (Wildman–Crippen LogP) is 3.10. The Labute approximate surface area is 161 Å². The summed E-state index contributed by atoms with van der Waals surface area (Å²) in [5, 5.41) is 4.19. The fourth-order valence-corrected chi connectivity index (χ4v) is 5.48. The first-order valence-electron chi connectivity index (χ1n) is 9.10. The highest BCUT2D eigenvalue weighted by Gasteiger charge is 2.48. The molecule has 2 unspecified atom stereocenters. The fourth-order valence-electron chi connectivity index (χ4n) is 4.02. The molecule has 1 aromatic heterocycles. The van der Waals surface area contributed by atoms with Gasteiger partial charge in [-0.05, 0) is 29.7 Å². The lowest BCUT2D eigenvalue weighted by Gasteiger charge is -2.22. The van der Waals surface area contributed by atoms with Crippen molar-refractivity contribution >= 4 is 34.5 Å². The van der Waals surface area contributed by atoms with E-state index in [9.17, 15) is 9.59 Å². The second-order valence-corrected chi connectivity index (χ2v) is 8.01. The summed E-state index contributed by atoms with van der Waals surface area (Å²) in [5.74, 6) is 0.548. The predicted molar refractivity (Wildman–Crippen MR) is 107 cm³/mol. The number of nitrogens with zero attached hydrogens (tertiary/aromatic N) is 1. The van der Waals surface area contributed by atoms with Gasteiger partial charge >= 0.3 is 0 Å². The summed E-state index contributed by atoms with van der Waals surface area (Å²) in [6, 6.07) is 15.4. The van der Waals surface area contributed by atoms with Gasteiger partial charge in [-0.25, -0.2) is 0 Å². The van der Waals surface area contributed by atoms with E-state index in [4.69, 9.17) is 0 Å². The molecule has 1 saturated heterocycles. The first kappa shape index (κ1) is 16.4. The minimum absolute atomic E-state index is 0.0296. The van der Waals surface area contributed by atoms with E-state index in [-0.39, 0.29) is 17.2 Å². The molecule has 2 aromatic carbocycles. The van der Waals surface area contributed by atoms with Crippen molar-refractivity contribution in [2.24, 2.45) is 0 Å². The van der Waals surface area contributed by atoms with Crippen molar-refractivity contribution < 1.29 is 9.59 Å². The highest BCUT2D eigenvalue weighted by Crippen LogP contribution is 2.47. The number of hydrogen-bond donors (Lipinski definition) is 2. The van der Waals surface area contributed by atoms with Gasteiger partial charge in [0.2, 0.25) is 5.91 Å². The quantitative estimate of drug-likeness (QED) is 0.734. The van der Waals surface area contributed by atoms with Crippen LogP contribution in [0.15, 0.2) is 54.7 Å². The van der Waals surface area contributed by atoms with Crippen LogP contribution in [0.5, 0.6) is 0 Å². The number of nitrogens with one attached hydrogen (secondary N) is 2. The smallest absolute Gasteiger partial charge is 0.256 e. The molecule has 2 aliphatic heterocycles. The molecule has 3 heterocycles. The maximum absolute atomic E-state index is 12.8. The number of rotatable bonds is 4. The molecule has 0 saturated carbocycles. The van der Waals surface area contributed by atoms with E-state index in [2.05, 4.69) is 16.4 Å². The number of fused-ring (bicyclic) bond motifs is 4. The normalized spacial score (nSPS) is 20.7. The Morgan fingerprint density at radius 2 is 2.00 bits per heavy atom. The minimum Gasteiger partial charge on any atom is -0.361 e. The average molecular weight is 377 g/mol. The molecule has 1 fully saturated rings. The van der Waals surface area contributed by atoms with Gasteiger partial charge in [-0.1, -0.05) is 36.4 Å². The zero-order valence-corrected chi connectivity index (χ0v) is 15.5. The third-order valence-corrected chi connectivity index (χ3v) is 6.67. The molecule has 0 spiro atoms. The van der Waals surface area contributed by atoms with Crippen LogP contribution < -0.4 is 5.32 Å². The number of thioether (sulfide) groups is 1. The molecule has 0 bridgehead atoms. The SMILES string of the molecule is O=C(NCCc1c[nH]c2ccccc12)C1CSC2c3ccccc3C(=O)N12. The molecule has 136 valence electrons. The monoisotopic (exact) mass is 377 g/mol. The summed E-state index contributed by atoms with van der Waals surface area (Å²) in [5.41, 5.74) is 4.05. The lowest BCUT2D eigenvalue weighted by Crippen LogP contribution is -2.46. The molecular weight excluding hydrogens is 358 g/mol. The van der Waals surface area contributed by atoms with Gasteiger partial charge in [0.1, 0.15) is 11.4 Å². The second-order valence-electron chi connectivity index (χ2n) is 6.90. The molecule has 0 radical (unpaired) electrons. The van der Waals surface area contributed by atoms with Gasteiger partial charge in [0.15, 0.2) is 0 Å². The van der Waals surface area contributed by atoms with Gasteiger partial charge in [-0.3, -0.25) is 9.59 Å². The lowest BCUT2D eigenvalue weighted by molar-refractivity contribution is -0.124. The Kier molecular flexibility index (Phi) is 3.93. The molecule has 27 heavy (non-hydrogen) atoms. The van der Waals surface area contributed by atoms with Crippen molar-refractivity contribution in [2.75, 3.05) is 12.3 Å². The third-order valence-electron chi connectivity index (χ3n) is 5.36. The van der Waals surface area contributed by atoms with Gasteiger partial charge in [0.25, 0.3) is 5.91 Å². The zero-order valence-electron chi connectivity index (χ0n) is 14.6. The Morgan fingerprint density at radius 1 is 1.19 bits per heavy atom. The first-order valence-corrected chi connectivity index (χ1v) is 10.1. The standard InChI is InChI=1S/C21H19N3O2S/c25-19(22-10-9-13-11-23-17-8-4-3-5-14(13)17)18-12-27-21-16-7-2-1-6-15(16)20(26)24(18)21/h1-8,11,18,21,23H,9-10,12H2,(H,22,25). The first-order chi connectivity index (χ1) is 13.2. The van der Waals surface area contributed by atoms with Crippen molar-refractivity contribution in [3.05, 3.63) is 71.4 Å². The van der Waals surface area contributed by atoms with E-state index in [0.29, 0.717) is 12.3 Å². The summed E-state index contributed by atoms with van der Waals surface area (Å²) in [7, 11) is 0. The number of carbonyl (C=O) groups is 2. The van der Waals surface area contributed by atoms with Crippen LogP contribution in [-0.4, -0.2) is 40.0 Å². The highest BCUT2D eigenvalue weighted by molar-refractivity contribution is 7.99. The van der Waals surface area contributed by atoms with Crippen molar-refractivity contribution in [1.29, 1.82) is 0 Å². The Bertz CT molecular complexity index is 1040. The van der Waals surface area contributed by atoms with Gasteiger partial charge in [0.05, 0.1) is 0 Å². The number of H-pyrrole nitrogens is 1. The lowest BCUT2D eigenvalue weighted by atomic mass is 10.1. The topological polar surface area (TPSA) is 65.2 Å². The molecule has 6 heteroatoms. The van der Waals surface area contributed by atoms with E-state index < -0.39 is 6.04 Å². The van der Waals surface area contributed by atoms with Gasteiger partial charge in [-0.2, -0.15) is 0 Å². The number of carbonyl (C=O) groups excluding carboxylic acids is 2. The molecule has 5 rings (SSSR count). The molecular formula is C21H19N3O2S. The summed E-state index contributed by atoms with van der Waals surface area (Å²) >= 11 is 1.67. The van der Waals surface area contributed by atoms with E-state index in [1.165, 1.54) is 10.9 Å². The maximum atomic E-state index is 12.8. The summed E-state index contributed by atoms with van der Waals surface area (Å²) in [6.45, 7) is 0.557. The highest BCUT2D eigenvalue weighted by atomic mass is 32.2. The van der Waals surface area contributed by atoms with Gasteiger partial charge in [-0.15, -0.1) is 11.8 Å². The number of amides is 2. The van der Waals surface area contributed by atoms with Crippen LogP contribution in [0.4, 0.5) is 0 Å². The van der Waals surface area contributed by atoms with Gasteiger partial charge < -0.3 is 15.2 Å². The molecule has 0 aliphatic carbocycles. The van der Waals surface area contributed by atoms with Crippen molar-refractivity contribution in [3.8, 4) is 0 Å². The number of aromatic amines is 1. The number of hydrogen-bond acceptors (Lipinski definition) is 3. The zero-order chi connectivity index (χ0) is 18.4. The van der Waals surface area contributed by atoms with E-state index in [1.54, 1.807) is 16.7 Å². The molecule has 3 aromatic rings. The van der Waals surface area contributed by atoms with Crippen LogP contribution in [0, 0.1) is 0 Å². The van der Waals surface area contributed by atoms with Crippen molar-refractivity contribution in [3.63, 3.8) is 0 Å². The van der Waals surface area contributed by atoms with Crippen LogP contribution in [0.25, 0.3) is 10.9 Å². The number of benzene rings is 2. The Hall–Kier alpha value is -2.73. The molecule has 2 atom stereocenters. The van der Waals surface area contributed by atoms with Crippen LogP contribution in [0.2, 0.25) is 0 Å². The van der Waals surface area contributed by atoms with E-state index >= 15 is 0 Å². The summed E-state index contributed by atoms with van der Waals surface area (Å²) in [6.07, 6.45) is 2.76. The van der Waals surface area contributed by atoms with E-state index in [1.807, 2.05) is 48.7 Å². The second kappa shape index (κ2) is 6.46.